The van der Waals surface area contributed by atoms with Gasteiger partial charge in [-0.1, -0.05) is 36.4 Å². The van der Waals surface area contributed by atoms with Crippen molar-refractivity contribution in [3.05, 3.63) is 65.2 Å². The average Bonchev–Trinajstić information content (AvgIpc) is 3.20. The van der Waals surface area contributed by atoms with Crippen LogP contribution in [0.4, 0.5) is 11.5 Å². The van der Waals surface area contributed by atoms with E-state index >= 15 is 0 Å². The Morgan fingerprint density at radius 1 is 1.10 bits per heavy atom. The van der Waals surface area contributed by atoms with Gasteiger partial charge < -0.3 is 25.2 Å². The molecule has 7 atom stereocenters. The van der Waals surface area contributed by atoms with Crippen molar-refractivity contribution < 1.29 is 43.1 Å². The number of rotatable bonds is 10. The lowest BCUT2D eigenvalue weighted by Crippen LogP contribution is -2.42. The molecule has 0 spiro atoms. The van der Waals surface area contributed by atoms with Crippen molar-refractivity contribution >= 4 is 36.1 Å². The Kier molecular flexibility index (Phi) is 9.14. The predicted molar refractivity (Wildman–Crippen MR) is 147 cm³/mol. The van der Waals surface area contributed by atoms with Gasteiger partial charge in [-0.15, -0.1) is 0 Å². The first-order chi connectivity index (χ1) is 19.3. The van der Waals surface area contributed by atoms with Crippen LogP contribution in [0.1, 0.15) is 33.9 Å². The molecule has 1 aliphatic rings. The molecule has 3 aromatic rings. The standard InChI is InChI=1S/C26H33N4O10P/c1-14(2)38-30(19-11-7-9-17-8-5-6-10-18(17)19)15(3)25(33)40-41(35,36)39-16(4)23-21(31)22(32)24(37-23)29-13-12-20(27)28-26(29)34/h5-16,21-24,31-32H,1-4H3,(H,35,36)(H2,27,28,34)/t15-,16-,21-,22+,23+,24+/m0/s1. The maximum atomic E-state index is 13.1. The van der Waals surface area contributed by atoms with Crippen molar-refractivity contribution in [1.29, 1.82) is 0 Å². The lowest BCUT2D eigenvalue weighted by molar-refractivity contribution is -0.141. The number of nitrogens with zero attached hydrogens (tertiary/aromatic N) is 3. The Morgan fingerprint density at radius 2 is 1.78 bits per heavy atom. The third-order valence-corrected chi connectivity index (χ3v) is 7.40. The minimum absolute atomic E-state index is 0.0531. The maximum absolute atomic E-state index is 13.1. The van der Waals surface area contributed by atoms with Crippen LogP contribution < -0.4 is 16.5 Å². The van der Waals surface area contributed by atoms with Crippen molar-refractivity contribution in [3.63, 3.8) is 0 Å². The second kappa shape index (κ2) is 12.2. The van der Waals surface area contributed by atoms with Crippen molar-refractivity contribution in [2.24, 2.45) is 0 Å². The molecule has 2 aromatic carbocycles. The summed E-state index contributed by atoms with van der Waals surface area (Å²) in [6, 6.07) is 13.0. The summed E-state index contributed by atoms with van der Waals surface area (Å²) in [6.45, 7) is 6.25. The summed E-state index contributed by atoms with van der Waals surface area (Å²) in [5.74, 6) is -1.18. The molecule has 1 unspecified atom stereocenters. The third-order valence-electron chi connectivity index (χ3n) is 6.39. The molecule has 5 N–H and O–H groups in total. The molecule has 0 amide bonds. The molecular formula is C26H33N4O10P. The Labute approximate surface area is 235 Å². The Balaban J connectivity index is 1.48. The Morgan fingerprint density at radius 3 is 2.46 bits per heavy atom. The number of aliphatic hydroxyl groups excluding tert-OH is 2. The van der Waals surface area contributed by atoms with Crippen LogP contribution in [0, 0.1) is 0 Å². The summed E-state index contributed by atoms with van der Waals surface area (Å²) < 4.78 is 29.4. The third kappa shape index (κ3) is 6.76. The van der Waals surface area contributed by atoms with Crippen LogP contribution in [0.3, 0.4) is 0 Å². The highest BCUT2D eigenvalue weighted by Crippen LogP contribution is 2.47. The lowest BCUT2D eigenvalue weighted by Gasteiger charge is -2.31. The molecule has 0 radical (unpaired) electrons. The number of aromatic nitrogens is 2. The molecule has 15 heteroatoms. The van der Waals surface area contributed by atoms with E-state index in [0.717, 1.165) is 15.3 Å². The topological polar surface area (TPSA) is 196 Å². The number of phosphoric ester groups is 1. The van der Waals surface area contributed by atoms with Crippen molar-refractivity contribution in [3.8, 4) is 0 Å². The molecule has 14 nitrogen and oxygen atoms in total. The minimum Gasteiger partial charge on any atom is -0.387 e. The zero-order valence-electron chi connectivity index (χ0n) is 22.8. The molecule has 4 rings (SSSR count). The molecule has 0 aliphatic carbocycles. The number of nitrogen functional groups attached to an aromatic ring is 1. The number of benzene rings is 2. The van der Waals surface area contributed by atoms with Gasteiger partial charge in [0, 0.05) is 11.6 Å². The van der Waals surface area contributed by atoms with E-state index in [-0.39, 0.29) is 11.9 Å². The molecular weight excluding hydrogens is 559 g/mol. The van der Waals surface area contributed by atoms with Crippen LogP contribution in [0.15, 0.2) is 59.5 Å². The number of carbonyl (C=O) groups is 1. The molecule has 2 heterocycles. The highest BCUT2D eigenvalue weighted by atomic mass is 31.2. The summed E-state index contributed by atoms with van der Waals surface area (Å²) in [7, 11) is -5.08. The van der Waals surface area contributed by atoms with Crippen molar-refractivity contribution in [1.82, 2.24) is 9.55 Å². The van der Waals surface area contributed by atoms with Gasteiger partial charge in [0.15, 0.2) is 12.3 Å². The van der Waals surface area contributed by atoms with Gasteiger partial charge in [-0.25, -0.2) is 19.2 Å². The number of aliphatic hydroxyl groups is 2. The largest absolute Gasteiger partial charge is 0.530 e. The van der Waals surface area contributed by atoms with Crippen LogP contribution in [0.5, 0.6) is 0 Å². The number of phosphoric acid groups is 1. The van der Waals surface area contributed by atoms with Gasteiger partial charge in [0.05, 0.1) is 17.9 Å². The van der Waals surface area contributed by atoms with Gasteiger partial charge in [0.25, 0.3) is 0 Å². The van der Waals surface area contributed by atoms with Crippen LogP contribution >= 0.6 is 7.82 Å². The normalized spacial score (nSPS) is 23.7. The van der Waals surface area contributed by atoms with Crippen LogP contribution in [0.2, 0.25) is 0 Å². The molecule has 1 saturated heterocycles. The lowest BCUT2D eigenvalue weighted by atomic mass is 10.1. The molecule has 222 valence electrons. The molecule has 1 aliphatic heterocycles. The van der Waals surface area contributed by atoms with E-state index in [9.17, 15) is 29.3 Å². The van der Waals surface area contributed by atoms with Gasteiger partial charge in [0.1, 0.15) is 24.1 Å². The SMILES string of the molecule is CC(C)ON(c1cccc2ccccc12)[C@@H](C)C(=O)OP(=O)(O)O[C@@H](C)[C@H]1O[C@@H](n2ccc(N)nc2=O)[C@H](O)[C@@H]1O. The fourth-order valence-corrected chi connectivity index (χ4v) is 5.45. The fraction of sp³-hybridized carbons (Fsp3) is 0.423. The zero-order chi connectivity index (χ0) is 30.1. The summed E-state index contributed by atoms with van der Waals surface area (Å²) >= 11 is 0. The summed E-state index contributed by atoms with van der Waals surface area (Å²) in [6.07, 6.45) is -6.52. The summed E-state index contributed by atoms with van der Waals surface area (Å²) in [4.78, 5) is 45.1. The van der Waals surface area contributed by atoms with E-state index in [4.69, 9.17) is 24.4 Å². The van der Waals surface area contributed by atoms with Crippen molar-refractivity contribution in [2.75, 3.05) is 10.8 Å². The first-order valence-electron chi connectivity index (χ1n) is 12.8. The van der Waals surface area contributed by atoms with E-state index in [1.54, 1.807) is 26.0 Å². The first kappa shape index (κ1) is 30.6. The van der Waals surface area contributed by atoms with E-state index < -0.39 is 56.2 Å². The Hall–Kier alpha value is -3.36. The number of hydroxylamine groups is 1. The molecule has 0 bridgehead atoms. The molecule has 0 saturated carbocycles. The number of carbonyl (C=O) groups excluding carboxylic acids is 1. The van der Waals surface area contributed by atoms with Crippen LogP contribution in [-0.4, -0.2) is 67.2 Å². The highest BCUT2D eigenvalue weighted by molar-refractivity contribution is 7.48. The van der Waals surface area contributed by atoms with E-state index in [1.807, 2.05) is 30.3 Å². The second-order valence-corrected chi connectivity index (χ2v) is 11.2. The van der Waals surface area contributed by atoms with Gasteiger partial charge in [-0.05, 0) is 45.2 Å². The van der Waals surface area contributed by atoms with Gasteiger partial charge in [-0.3, -0.25) is 18.8 Å². The highest BCUT2D eigenvalue weighted by Gasteiger charge is 2.49. The number of anilines is 2. The smallest absolute Gasteiger partial charge is 0.387 e. The molecule has 1 fully saturated rings. The minimum atomic E-state index is -5.08. The van der Waals surface area contributed by atoms with E-state index in [1.165, 1.54) is 31.2 Å². The van der Waals surface area contributed by atoms with Gasteiger partial charge in [0.2, 0.25) is 0 Å². The predicted octanol–water partition coefficient (Wildman–Crippen LogP) is 1.88. The van der Waals surface area contributed by atoms with Crippen LogP contribution in [-0.2, 0) is 28.0 Å². The Bertz CT molecular complexity index is 1500. The monoisotopic (exact) mass is 592 g/mol. The van der Waals surface area contributed by atoms with Gasteiger partial charge in [-0.2, -0.15) is 4.98 Å². The molecule has 41 heavy (non-hydrogen) atoms. The second-order valence-electron chi connectivity index (χ2n) is 9.86. The maximum Gasteiger partial charge on any atom is 0.530 e. The molecule has 1 aromatic heterocycles. The first-order valence-corrected chi connectivity index (χ1v) is 14.3. The average molecular weight is 593 g/mol. The number of ether oxygens (including phenoxy) is 1. The van der Waals surface area contributed by atoms with Crippen LogP contribution in [0.25, 0.3) is 10.8 Å². The summed E-state index contributed by atoms with van der Waals surface area (Å²) in [5, 5.41) is 24.0. The van der Waals surface area contributed by atoms with E-state index in [0.29, 0.717) is 5.69 Å². The van der Waals surface area contributed by atoms with Gasteiger partial charge >= 0.3 is 19.5 Å². The van der Waals surface area contributed by atoms with E-state index in [2.05, 4.69) is 4.98 Å². The summed E-state index contributed by atoms with van der Waals surface area (Å²) in [5.41, 5.74) is 5.18. The fourth-order valence-electron chi connectivity index (χ4n) is 4.48. The zero-order valence-corrected chi connectivity index (χ0v) is 23.7. The van der Waals surface area contributed by atoms with Crippen molar-refractivity contribution in [2.45, 2.75) is 70.5 Å². The number of fused-ring (bicyclic) bond motifs is 1. The number of hydrogen-bond acceptors (Lipinski definition) is 12. The quantitative estimate of drug-likeness (QED) is 0.197. The number of nitrogens with two attached hydrogens (primary N) is 1. The number of hydrogen-bond donors (Lipinski definition) is 4.